The number of rotatable bonds is 6. The molecule has 1 N–H and O–H groups in total. The average molecular weight is 295 g/mol. The second-order valence-corrected chi connectivity index (χ2v) is 8.45. The third-order valence-electron chi connectivity index (χ3n) is 3.19. The van der Waals surface area contributed by atoms with Gasteiger partial charge in [0.2, 0.25) is 9.04 Å². The zero-order chi connectivity index (χ0) is 15.3. The van der Waals surface area contributed by atoms with Crippen molar-refractivity contribution in [3.05, 3.63) is 29.8 Å². The maximum absolute atomic E-state index is 10.6. The van der Waals surface area contributed by atoms with Gasteiger partial charge in [-0.1, -0.05) is 39.0 Å². The van der Waals surface area contributed by atoms with Gasteiger partial charge in [-0.2, -0.15) is 0 Å². The summed E-state index contributed by atoms with van der Waals surface area (Å²) in [5.74, 6) is 0.817. The number of para-hydroxylation sites is 1. The molecule has 113 valence electrons. The Labute approximate surface area is 124 Å². The van der Waals surface area contributed by atoms with Gasteiger partial charge >= 0.3 is 0 Å². The van der Waals surface area contributed by atoms with E-state index in [1.165, 1.54) is 0 Å². The first-order valence-corrected chi connectivity index (χ1v) is 9.43. The van der Waals surface area contributed by atoms with Gasteiger partial charge in [-0.25, -0.2) is 0 Å². The quantitative estimate of drug-likeness (QED) is 0.819. The van der Waals surface area contributed by atoms with E-state index in [1.54, 1.807) is 7.11 Å². The molecular formula is C16H27O3Si. The number of ether oxygens (including phenoxy) is 1. The van der Waals surface area contributed by atoms with Gasteiger partial charge in [0.05, 0.1) is 19.3 Å². The van der Waals surface area contributed by atoms with E-state index >= 15 is 0 Å². The smallest absolute Gasteiger partial charge is 0.205 e. The molecule has 2 atom stereocenters. The maximum atomic E-state index is 10.6. The topological polar surface area (TPSA) is 38.7 Å². The van der Waals surface area contributed by atoms with Crippen LogP contribution in [0, 0.1) is 5.41 Å². The molecular weight excluding hydrogens is 268 g/mol. The van der Waals surface area contributed by atoms with Crippen LogP contribution in [0.4, 0.5) is 0 Å². The number of hydrogen-bond donors (Lipinski definition) is 1. The predicted molar refractivity (Wildman–Crippen MR) is 84.5 cm³/mol. The fourth-order valence-electron chi connectivity index (χ4n) is 2.29. The molecule has 1 aromatic rings. The van der Waals surface area contributed by atoms with E-state index in [4.69, 9.17) is 9.16 Å². The van der Waals surface area contributed by atoms with Gasteiger partial charge in [-0.05, 0) is 30.1 Å². The normalized spacial score (nSPS) is 15.2. The molecule has 0 bridgehead atoms. The van der Waals surface area contributed by atoms with Gasteiger partial charge in [0, 0.05) is 6.42 Å². The number of benzene rings is 1. The molecule has 0 aliphatic heterocycles. The molecule has 0 aromatic heterocycles. The highest BCUT2D eigenvalue weighted by molar-refractivity contribution is 6.48. The predicted octanol–water partition coefficient (Wildman–Crippen LogP) is 3.28. The van der Waals surface area contributed by atoms with Crippen molar-refractivity contribution in [1.82, 2.24) is 0 Å². The van der Waals surface area contributed by atoms with Crippen LogP contribution in [0.3, 0.4) is 0 Å². The Morgan fingerprint density at radius 2 is 1.80 bits per heavy atom. The van der Waals surface area contributed by atoms with Gasteiger partial charge in [0.1, 0.15) is 5.75 Å². The van der Waals surface area contributed by atoms with E-state index in [2.05, 4.69) is 33.9 Å². The van der Waals surface area contributed by atoms with Crippen LogP contribution in [0.15, 0.2) is 24.3 Å². The second kappa shape index (κ2) is 7.25. The first-order chi connectivity index (χ1) is 9.25. The lowest BCUT2D eigenvalue weighted by Gasteiger charge is -2.36. The fourth-order valence-corrected chi connectivity index (χ4v) is 3.31. The lowest BCUT2D eigenvalue weighted by Crippen LogP contribution is -2.43. The molecule has 4 heteroatoms. The molecule has 0 amide bonds. The van der Waals surface area contributed by atoms with Gasteiger partial charge in [-0.3, -0.25) is 0 Å². The third-order valence-corrected chi connectivity index (χ3v) is 3.91. The van der Waals surface area contributed by atoms with Crippen LogP contribution in [0.2, 0.25) is 13.1 Å². The molecule has 20 heavy (non-hydrogen) atoms. The Morgan fingerprint density at radius 3 is 2.30 bits per heavy atom. The van der Waals surface area contributed by atoms with Crippen molar-refractivity contribution in [3.63, 3.8) is 0 Å². The minimum absolute atomic E-state index is 0.0939. The highest BCUT2D eigenvalue weighted by atomic mass is 28.3. The van der Waals surface area contributed by atoms with E-state index in [9.17, 15) is 5.11 Å². The zero-order valence-corrected chi connectivity index (χ0v) is 14.4. The highest BCUT2D eigenvalue weighted by Crippen LogP contribution is 2.29. The first kappa shape index (κ1) is 17.2. The zero-order valence-electron chi connectivity index (χ0n) is 13.4. The minimum Gasteiger partial charge on any atom is -0.496 e. The van der Waals surface area contributed by atoms with Crippen molar-refractivity contribution in [2.24, 2.45) is 5.41 Å². The molecule has 1 aromatic carbocycles. The van der Waals surface area contributed by atoms with E-state index in [0.29, 0.717) is 6.42 Å². The van der Waals surface area contributed by atoms with Gasteiger partial charge in [0.15, 0.2) is 0 Å². The van der Waals surface area contributed by atoms with Crippen molar-refractivity contribution in [2.45, 2.75) is 52.5 Å². The summed E-state index contributed by atoms with van der Waals surface area (Å²) >= 11 is 0. The molecule has 0 aliphatic rings. The highest BCUT2D eigenvalue weighted by Gasteiger charge is 2.33. The number of hydrogen-bond acceptors (Lipinski definition) is 3. The Bertz CT molecular complexity index is 412. The maximum Gasteiger partial charge on any atom is 0.205 e. The van der Waals surface area contributed by atoms with Crippen molar-refractivity contribution in [2.75, 3.05) is 7.11 Å². The Kier molecular flexibility index (Phi) is 6.24. The van der Waals surface area contributed by atoms with Crippen molar-refractivity contribution in [3.8, 4) is 5.75 Å². The van der Waals surface area contributed by atoms with Crippen LogP contribution in [-0.4, -0.2) is 33.5 Å². The fraction of sp³-hybridized carbons (Fsp3) is 0.625. The molecule has 0 aliphatic carbocycles. The Morgan fingerprint density at radius 1 is 1.20 bits per heavy atom. The van der Waals surface area contributed by atoms with Crippen LogP contribution in [-0.2, 0) is 10.8 Å². The number of aliphatic hydroxyl groups is 1. The van der Waals surface area contributed by atoms with Gasteiger partial charge < -0.3 is 14.3 Å². The number of methoxy groups -OCH3 is 1. The minimum atomic E-state index is -0.858. The average Bonchev–Trinajstić information content (AvgIpc) is 2.35. The third kappa shape index (κ3) is 4.92. The molecule has 1 radical (unpaired) electrons. The SMILES string of the molecule is COc1ccccc1CC(O)[C@H](O[Si](C)C)C(C)(C)C. The van der Waals surface area contributed by atoms with Crippen LogP contribution in [0.1, 0.15) is 26.3 Å². The lowest BCUT2D eigenvalue weighted by atomic mass is 9.84. The summed E-state index contributed by atoms with van der Waals surface area (Å²) in [7, 11) is 0.797. The van der Waals surface area contributed by atoms with Crippen LogP contribution in [0.5, 0.6) is 5.75 Å². The summed E-state index contributed by atoms with van der Waals surface area (Å²) in [4.78, 5) is 0. The largest absolute Gasteiger partial charge is 0.496 e. The molecule has 3 nitrogen and oxygen atoms in total. The molecule has 1 unspecified atom stereocenters. The molecule has 1 rings (SSSR count). The molecule has 0 heterocycles. The van der Waals surface area contributed by atoms with Gasteiger partial charge in [-0.15, -0.1) is 0 Å². The first-order valence-electron chi connectivity index (χ1n) is 7.02. The molecule has 0 spiro atoms. The van der Waals surface area contributed by atoms with Crippen LogP contribution >= 0.6 is 0 Å². The second-order valence-electron chi connectivity index (χ2n) is 6.40. The van der Waals surface area contributed by atoms with Gasteiger partial charge in [0.25, 0.3) is 0 Å². The monoisotopic (exact) mass is 295 g/mol. The molecule has 0 saturated heterocycles. The van der Waals surface area contributed by atoms with Crippen LogP contribution in [0.25, 0.3) is 0 Å². The summed E-state index contributed by atoms with van der Waals surface area (Å²) in [6.45, 7) is 10.5. The van der Waals surface area contributed by atoms with E-state index in [1.807, 2.05) is 24.3 Å². The Hall–Kier alpha value is -0.843. The van der Waals surface area contributed by atoms with Crippen LogP contribution < -0.4 is 4.74 Å². The summed E-state index contributed by atoms with van der Waals surface area (Å²) in [6, 6.07) is 7.81. The standard InChI is InChI=1S/C16H27O3Si/c1-16(2,3)15(19-20(5)6)13(17)11-12-9-7-8-10-14(12)18-4/h7-10,13,15,17H,11H2,1-6H3/t13?,15-/m0/s1. The van der Waals surface area contributed by atoms with E-state index < -0.39 is 15.1 Å². The summed E-state index contributed by atoms with van der Waals surface area (Å²) in [6.07, 6.45) is -0.163. The summed E-state index contributed by atoms with van der Waals surface area (Å²) in [5.41, 5.74) is 0.921. The van der Waals surface area contributed by atoms with E-state index in [0.717, 1.165) is 11.3 Å². The number of aliphatic hydroxyl groups excluding tert-OH is 1. The van der Waals surface area contributed by atoms with Crippen molar-refractivity contribution < 1.29 is 14.3 Å². The Balaban J connectivity index is 2.88. The summed E-state index contributed by atoms with van der Waals surface area (Å²) < 4.78 is 11.4. The lowest BCUT2D eigenvalue weighted by molar-refractivity contribution is -0.0278. The van der Waals surface area contributed by atoms with Crippen molar-refractivity contribution in [1.29, 1.82) is 0 Å². The molecule has 0 fully saturated rings. The van der Waals surface area contributed by atoms with Crippen molar-refractivity contribution >= 4 is 9.04 Å². The molecule has 0 saturated carbocycles. The summed E-state index contributed by atoms with van der Waals surface area (Å²) in [5, 5.41) is 10.6. The van der Waals surface area contributed by atoms with E-state index in [-0.39, 0.29) is 11.5 Å².